The van der Waals surface area contributed by atoms with Gasteiger partial charge in [-0.25, -0.2) is 22.5 Å². The van der Waals surface area contributed by atoms with E-state index in [0.717, 1.165) is 6.42 Å². The number of ether oxygens (including phenoxy) is 1. The quantitative estimate of drug-likeness (QED) is 0.704. The van der Waals surface area contributed by atoms with E-state index in [9.17, 15) is 12.8 Å². The van der Waals surface area contributed by atoms with Crippen LogP contribution in [0.3, 0.4) is 0 Å². The minimum absolute atomic E-state index is 0.124. The molecule has 2 heterocycles. The first-order valence-corrected chi connectivity index (χ1v) is 10.2. The topological polar surface area (TPSA) is 68.3 Å². The number of sulfonamides is 1. The maximum atomic E-state index is 13.2. The zero-order valence-electron chi connectivity index (χ0n) is 13.0. The average molecular weight is 450 g/mol. The number of nitrogens with one attached hydrogen (secondary N) is 1. The third-order valence-corrected chi connectivity index (χ3v) is 6.21. The molecule has 1 N–H and O–H groups in total. The van der Waals surface area contributed by atoms with Gasteiger partial charge in [-0.1, -0.05) is 23.7 Å². The van der Waals surface area contributed by atoms with Crippen LogP contribution < -0.4 is 4.72 Å². The molecule has 2 atom stereocenters. The van der Waals surface area contributed by atoms with Gasteiger partial charge in [0.1, 0.15) is 15.9 Å². The van der Waals surface area contributed by atoms with E-state index in [0.29, 0.717) is 23.1 Å². The molecule has 134 valence electrons. The summed E-state index contributed by atoms with van der Waals surface area (Å²) >= 11 is 9.15. The molecule has 0 bridgehead atoms. The van der Waals surface area contributed by atoms with Gasteiger partial charge in [0.2, 0.25) is 10.0 Å². The van der Waals surface area contributed by atoms with Gasteiger partial charge >= 0.3 is 0 Å². The third-order valence-electron chi connectivity index (χ3n) is 3.91. The van der Waals surface area contributed by atoms with Gasteiger partial charge < -0.3 is 4.74 Å². The van der Waals surface area contributed by atoms with Crippen molar-refractivity contribution < 1.29 is 17.5 Å². The van der Waals surface area contributed by atoms with Crippen molar-refractivity contribution in [3.8, 4) is 0 Å². The summed E-state index contributed by atoms with van der Waals surface area (Å²) in [5.41, 5.74) is 0.621. The molecule has 1 aliphatic heterocycles. The highest BCUT2D eigenvalue weighted by molar-refractivity contribution is 9.10. The Bertz CT molecular complexity index is 858. The number of hydrogen-bond acceptors (Lipinski definition) is 4. The van der Waals surface area contributed by atoms with E-state index in [-0.39, 0.29) is 16.2 Å². The second-order valence-corrected chi connectivity index (χ2v) is 8.60. The normalized spacial score (nSPS) is 19.1. The highest BCUT2D eigenvalue weighted by Crippen LogP contribution is 2.30. The first-order chi connectivity index (χ1) is 11.9. The summed E-state index contributed by atoms with van der Waals surface area (Å²) in [6.45, 7) is 0.559. The van der Waals surface area contributed by atoms with Gasteiger partial charge in [0.15, 0.2) is 0 Å². The first-order valence-electron chi connectivity index (χ1n) is 7.57. The van der Waals surface area contributed by atoms with Crippen molar-refractivity contribution in [1.29, 1.82) is 0 Å². The molecule has 3 rings (SSSR count). The van der Waals surface area contributed by atoms with Gasteiger partial charge in [0.05, 0.1) is 12.1 Å². The molecule has 0 unspecified atom stereocenters. The van der Waals surface area contributed by atoms with Crippen LogP contribution in [-0.4, -0.2) is 26.1 Å². The number of rotatable bonds is 5. The molecular weight excluding hydrogens is 435 g/mol. The Kier molecular flexibility index (Phi) is 5.75. The minimum Gasteiger partial charge on any atom is -0.376 e. The fourth-order valence-electron chi connectivity index (χ4n) is 2.72. The number of halogens is 3. The lowest BCUT2D eigenvalue weighted by Gasteiger charge is -2.24. The molecule has 1 saturated heterocycles. The largest absolute Gasteiger partial charge is 0.376 e. The Morgan fingerprint density at radius 1 is 1.36 bits per heavy atom. The Hall–Kier alpha value is -1.06. The Morgan fingerprint density at radius 2 is 2.08 bits per heavy atom. The van der Waals surface area contributed by atoms with Crippen molar-refractivity contribution >= 4 is 37.6 Å². The van der Waals surface area contributed by atoms with E-state index in [1.807, 2.05) is 0 Å². The van der Waals surface area contributed by atoms with E-state index in [4.69, 9.17) is 16.3 Å². The fourth-order valence-corrected chi connectivity index (χ4v) is 4.91. The Labute approximate surface area is 158 Å². The maximum absolute atomic E-state index is 13.2. The molecule has 1 aromatic heterocycles. The lowest BCUT2D eigenvalue weighted by molar-refractivity contribution is 0.0851. The van der Waals surface area contributed by atoms with Crippen molar-refractivity contribution in [1.82, 2.24) is 9.71 Å². The molecule has 0 spiro atoms. The van der Waals surface area contributed by atoms with Crippen LogP contribution in [0.4, 0.5) is 4.39 Å². The van der Waals surface area contributed by atoms with Crippen LogP contribution in [0.15, 0.2) is 45.9 Å². The zero-order valence-corrected chi connectivity index (χ0v) is 16.1. The lowest BCUT2D eigenvalue weighted by Crippen LogP contribution is -2.36. The molecule has 0 aliphatic carbocycles. The van der Waals surface area contributed by atoms with E-state index >= 15 is 0 Å². The Morgan fingerprint density at radius 3 is 2.72 bits per heavy atom. The molecule has 0 radical (unpaired) electrons. The van der Waals surface area contributed by atoms with E-state index < -0.39 is 21.9 Å². The monoisotopic (exact) mass is 448 g/mol. The number of hydrogen-bond donors (Lipinski definition) is 1. The summed E-state index contributed by atoms with van der Waals surface area (Å²) in [5.74, 6) is -0.392. The molecule has 1 fully saturated rings. The smallest absolute Gasteiger partial charge is 0.244 e. The standard InChI is InChI=1S/C16H15BrClFN2O3S/c17-11-8-14(16(18)20-9-11)25(22,23)21-15(13-2-1-7-24-13)10-3-5-12(19)6-4-10/h3-6,8-9,13,15,21H,1-2,7H2/t13-,15-/m0/s1. The summed E-state index contributed by atoms with van der Waals surface area (Å²) in [5, 5.41) is -0.124. The highest BCUT2D eigenvalue weighted by atomic mass is 79.9. The van der Waals surface area contributed by atoms with E-state index in [1.54, 1.807) is 12.1 Å². The minimum atomic E-state index is -3.96. The molecule has 25 heavy (non-hydrogen) atoms. The van der Waals surface area contributed by atoms with Gasteiger partial charge in [0, 0.05) is 17.3 Å². The molecule has 2 aromatic rings. The van der Waals surface area contributed by atoms with Crippen molar-refractivity contribution in [2.45, 2.75) is 29.9 Å². The zero-order chi connectivity index (χ0) is 18.0. The second kappa shape index (κ2) is 7.67. The Balaban J connectivity index is 1.96. The summed E-state index contributed by atoms with van der Waals surface area (Å²) in [6, 6.07) is 6.41. The lowest BCUT2D eigenvalue weighted by atomic mass is 10.0. The molecule has 9 heteroatoms. The van der Waals surface area contributed by atoms with Crippen LogP contribution in [-0.2, 0) is 14.8 Å². The summed E-state index contributed by atoms with van der Waals surface area (Å²) in [4.78, 5) is 3.72. The van der Waals surface area contributed by atoms with Gasteiger partial charge in [-0.3, -0.25) is 0 Å². The predicted octanol–water partition coefficient (Wildman–Crippen LogP) is 3.84. The van der Waals surface area contributed by atoms with Crippen molar-refractivity contribution in [2.24, 2.45) is 0 Å². The van der Waals surface area contributed by atoms with E-state index in [1.165, 1.54) is 24.4 Å². The molecule has 0 amide bonds. The van der Waals surface area contributed by atoms with E-state index in [2.05, 4.69) is 25.6 Å². The summed E-state index contributed by atoms with van der Waals surface area (Å²) in [7, 11) is -3.96. The summed E-state index contributed by atoms with van der Waals surface area (Å²) in [6.07, 6.45) is 2.62. The van der Waals surface area contributed by atoms with Gasteiger partial charge in [-0.05, 0) is 52.5 Å². The van der Waals surface area contributed by atoms with Crippen LogP contribution in [0.5, 0.6) is 0 Å². The molecule has 1 aromatic carbocycles. The van der Waals surface area contributed by atoms with Gasteiger partial charge in [0.25, 0.3) is 0 Å². The van der Waals surface area contributed by atoms with Crippen molar-refractivity contribution in [3.05, 3.63) is 57.5 Å². The fraction of sp³-hybridized carbons (Fsp3) is 0.312. The van der Waals surface area contributed by atoms with Crippen LogP contribution in [0.25, 0.3) is 0 Å². The summed E-state index contributed by atoms with van der Waals surface area (Å²) < 4.78 is 47.7. The van der Waals surface area contributed by atoms with Crippen LogP contribution in [0.2, 0.25) is 5.15 Å². The van der Waals surface area contributed by atoms with Crippen LogP contribution in [0.1, 0.15) is 24.4 Å². The van der Waals surface area contributed by atoms with Crippen LogP contribution in [0, 0.1) is 5.82 Å². The predicted molar refractivity (Wildman–Crippen MR) is 95.4 cm³/mol. The number of benzene rings is 1. The number of aromatic nitrogens is 1. The second-order valence-electron chi connectivity index (χ2n) is 5.64. The van der Waals surface area contributed by atoms with Crippen molar-refractivity contribution in [2.75, 3.05) is 6.61 Å². The molecule has 0 saturated carbocycles. The first kappa shape index (κ1) is 18.7. The van der Waals surface area contributed by atoms with Gasteiger partial charge in [-0.15, -0.1) is 0 Å². The van der Waals surface area contributed by atoms with Crippen LogP contribution >= 0.6 is 27.5 Å². The average Bonchev–Trinajstić information content (AvgIpc) is 3.10. The molecular formula is C16H15BrClFN2O3S. The number of pyridine rings is 1. The molecule has 5 nitrogen and oxygen atoms in total. The number of nitrogens with zero attached hydrogens (tertiary/aromatic N) is 1. The SMILES string of the molecule is O=S(=O)(N[C@@H](c1ccc(F)cc1)[C@@H]1CCCO1)c1cc(Br)cnc1Cl. The maximum Gasteiger partial charge on any atom is 0.244 e. The third kappa shape index (κ3) is 4.38. The van der Waals surface area contributed by atoms with Gasteiger partial charge in [-0.2, -0.15) is 0 Å². The highest BCUT2D eigenvalue weighted by Gasteiger charge is 2.32. The van der Waals surface area contributed by atoms with Crippen molar-refractivity contribution in [3.63, 3.8) is 0 Å². The molecule has 1 aliphatic rings.